The third-order valence-corrected chi connectivity index (χ3v) is 1.19. The van der Waals surface area contributed by atoms with Gasteiger partial charge in [0.1, 0.15) is 0 Å². The minimum atomic E-state index is -5.05. The molecule has 8 heteroatoms. The first-order valence-corrected chi connectivity index (χ1v) is 3.30. The first-order chi connectivity index (χ1) is 5.41. The lowest BCUT2D eigenvalue weighted by Crippen LogP contribution is -2.30. The molecule has 0 aromatic carbocycles. The summed E-state index contributed by atoms with van der Waals surface area (Å²) in [5, 5.41) is -3.81. The van der Waals surface area contributed by atoms with E-state index in [4.69, 9.17) is 0 Å². The van der Waals surface area contributed by atoms with E-state index in [9.17, 15) is 30.7 Å². The fraction of sp³-hybridized carbons (Fsp3) is 1.00. The van der Waals surface area contributed by atoms with E-state index in [1.807, 2.05) is 0 Å². The molecule has 0 nitrogen and oxygen atoms in total. The van der Waals surface area contributed by atoms with Crippen molar-refractivity contribution in [2.24, 2.45) is 0 Å². The van der Waals surface area contributed by atoms with E-state index in [2.05, 4.69) is 11.6 Å². The van der Waals surface area contributed by atoms with Gasteiger partial charge in [-0.1, -0.05) is 11.6 Å². The summed E-state index contributed by atoms with van der Waals surface area (Å²) in [6, 6.07) is 0. The molecule has 0 bridgehead atoms. The van der Waals surface area contributed by atoms with Gasteiger partial charge in [-0.3, -0.25) is 0 Å². The maximum Gasteiger partial charge on any atom is 0.393 e. The van der Waals surface area contributed by atoms with Crippen LogP contribution in [0.3, 0.4) is 0 Å². The quantitative estimate of drug-likeness (QED) is 0.502. The summed E-state index contributed by atoms with van der Waals surface area (Å²) in [5.74, 6) is 0. The molecule has 0 aromatic rings. The van der Waals surface area contributed by atoms with Crippen LogP contribution in [-0.2, 0) is 0 Å². The van der Waals surface area contributed by atoms with Crippen molar-refractivity contribution < 1.29 is 30.7 Å². The molecule has 0 fully saturated rings. The normalized spacial score (nSPS) is 14.8. The Morgan fingerprint density at radius 2 is 0.923 bits per heavy atom. The molecule has 0 aromatic heterocycles. The fourth-order valence-corrected chi connectivity index (χ4v) is 0.952. The second-order valence-corrected chi connectivity index (χ2v) is 3.12. The monoisotopic (exact) mass is 232 g/mol. The third kappa shape index (κ3) is 8.14. The van der Waals surface area contributed by atoms with Gasteiger partial charge in [-0.2, -0.15) is 26.3 Å². The molecule has 80 valence electrons. The summed E-state index contributed by atoms with van der Waals surface area (Å²) in [5.41, 5.74) is 0. The highest BCUT2D eigenvalue weighted by molar-refractivity contribution is 6.22. The summed E-state index contributed by atoms with van der Waals surface area (Å²) < 4.78 is 81.0. The minimum absolute atomic E-state index is 2.32. The Labute approximate surface area is 73.7 Å². The van der Waals surface area contributed by atoms with E-state index >= 15 is 0 Å². The van der Waals surface area contributed by atoms with Crippen molar-refractivity contribution in [3.8, 4) is 0 Å². The van der Waals surface area contributed by atoms with Crippen LogP contribution in [0.25, 0.3) is 0 Å². The summed E-state index contributed by atoms with van der Waals surface area (Å²) >= 11 is 4.40. The van der Waals surface area contributed by atoms with Crippen molar-refractivity contribution >= 4 is 11.6 Å². The average molecular weight is 233 g/mol. The van der Waals surface area contributed by atoms with Crippen molar-refractivity contribution in [1.29, 1.82) is 0 Å². The lowest BCUT2D eigenvalue weighted by atomic mass is 10.2. The molecule has 0 saturated heterocycles. The second-order valence-electron chi connectivity index (χ2n) is 2.44. The maximum atomic E-state index is 12.4. The van der Waals surface area contributed by atoms with Gasteiger partial charge in [0.05, 0.1) is 12.8 Å². The average Bonchev–Trinajstić information content (AvgIpc) is 1.43. The van der Waals surface area contributed by atoms with E-state index in [-0.39, 0.29) is 0 Å². The predicted molar refractivity (Wildman–Crippen MR) is 31.0 cm³/mol. The molecule has 0 aliphatic carbocycles. The second kappa shape index (κ2) is 3.51. The molecule has 0 aliphatic heterocycles. The van der Waals surface area contributed by atoms with Crippen LogP contribution in [0, 0.1) is 0 Å². The molecule has 0 radical (unpaired) electrons. The third-order valence-electron chi connectivity index (χ3n) is 0.918. The van der Waals surface area contributed by atoms with Crippen molar-refractivity contribution in [2.45, 2.75) is 30.3 Å². The summed E-state index contributed by atoms with van der Waals surface area (Å²) in [7, 11) is 0. The minimum Gasteiger partial charge on any atom is -0.226 e. The Morgan fingerprint density at radius 1 is 0.692 bits per heavy atom. The predicted octanol–water partition coefficient (Wildman–Crippen LogP) is 3.80. The van der Waals surface area contributed by atoms with Gasteiger partial charge in [0, 0.05) is 0 Å². The van der Waals surface area contributed by atoms with Crippen LogP contribution in [0.2, 0.25) is 0 Å². The van der Waals surface area contributed by atoms with Crippen LogP contribution in [-0.4, -0.2) is 17.5 Å². The van der Waals surface area contributed by atoms with Gasteiger partial charge in [0.2, 0.25) is 5.13 Å². The van der Waals surface area contributed by atoms with Gasteiger partial charge in [-0.25, -0.2) is 4.39 Å². The summed E-state index contributed by atoms with van der Waals surface area (Å²) in [6.07, 6.45) is -14.7. The van der Waals surface area contributed by atoms with Crippen LogP contribution in [0.15, 0.2) is 0 Å². The molecular formula is C5H4ClF7. The van der Waals surface area contributed by atoms with E-state index in [1.165, 1.54) is 0 Å². The molecule has 0 amide bonds. The van der Waals surface area contributed by atoms with Gasteiger partial charge in [0.25, 0.3) is 0 Å². The highest BCUT2D eigenvalue weighted by Gasteiger charge is 2.48. The maximum absolute atomic E-state index is 12.4. The van der Waals surface area contributed by atoms with Gasteiger partial charge < -0.3 is 0 Å². The number of rotatable bonds is 2. The number of hydrogen-bond donors (Lipinski definition) is 0. The molecule has 0 heterocycles. The number of hydrogen-bond acceptors (Lipinski definition) is 0. The Morgan fingerprint density at radius 3 is 1.08 bits per heavy atom. The zero-order valence-corrected chi connectivity index (χ0v) is 6.69. The van der Waals surface area contributed by atoms with Gasteiger partial charge in [-0.05, 0) is 0 Å². The Hall–Kier alpha value is -0.200. The van der Waals surface area contributed by atoms with Crippen molar-refractivity contribution in [1.82, 2.24) is 0 Å². The molecule has 0 aliphatic rings. The number of halogens is 8. The van der Waals surface area contributed by atoms with Crippen molar-refractivity contribution in [3.63, 3.8) is 0 Å². The molecule has 0 unspecified atom stereocenters. The van der Waals surface area contributed by atoms with Crippen molar-refractivity contribution in [3.05, 3.63) is 0 Å². The molecule has 0 rings (SSSR count). The van der Waals surface area contributed by atoms with E-state index in [0.717, 1.165) is 0 Å². The first kappa shape index (κ1) is 12.8. The van der Waals surface area contributed by atoms with Crippen LogP contribution in [0.4, 0.5) is 30.7 Å². The number of alkyl halides is 8. The first-order valence-electron chi connectivity index (χ1n) is 2.93. The van der Waals surface area contributed by atoms with Crippen LogP contribution in [0.1, 0.15) is 12.8 Å². The van der Waals surface area contributed by atoms with Gasteiger partial charge >= 0.3 is 12.4 Å². The standard InChI is InChI=1S/C5H4ClF7/c6-3(7,1-4(8,9)10)2-5(11,12)13/h1-2H2. The highest BCUT2D eigenvalue weighted by Crippen LogP contribution is 2.40. The van der Waals surface area contributed by atoms with E-state index in [1.54, 1.807) is 0 Å². The van der Waals surface area contributed by atoms with Crippen LogP contribution < -0.4 is 0 Å². The molecule has 13 heavy (non-hydrogen) atoms. The zero-order chi connectivity index (χ0) is 10.9. The van der Waals surface area contributed by atoms with Crippen LogP contribution in [0.5, 0.6) is 0 Å². The molecule has 0 spiro atoms. The molecule has 0 atom stereocenters. The van der Waals surface area contributed by atoms with E-state index < -0.39 is 30.3 Å². The molecule has 0 N–H and O–H groups in total. The van der Waals surface area contributed by atoms with Gasteiger partial charge in [0.15, 0.2) is 0 Å². The SMILES string of the molecule is FC(F)(F)CC(F)(Cl)CC(F)(F)F. The van der Waals surface area contributed by atoms with Crippen molar-refractivity contribution in [2.75, 3.05) is 0 Å². The Kier molecular flexibility index (Phi) is 3.46. The zero-order valence-electron chi connectivity index (χ0n) is 5.94. The van der Waals surface area contributed by atoms with Crippen LogP contribution >= 0.6 is 11.6 Å². The Balaban J connectivity index is 4.25. The largest absolute Gasteiger partial charge is 0.393 e. The Bertz CT molecular complexity index is 149. The molecule has 0 saturated carbocycles. The summed E-state index contributed by atoms with van der Waals surface area (Å²) in [6.45, 7) is 0. The topological polar surface area (TPSA) is 0 Å². The lowest BCUT2D eigenvalue weighted by Gasteiger charge is -2.20. The fourth-order valence-electron chi connectivity index (χ4n) is 0.649. The lowest BCUT2D eigenvalue weighted by molar-refractivity contribution is -0.182. The van der Waals surface area contributed by atoms with Gasteiger partial charge in [-0.15, -0.1) is 0 Å². The summed E-state index contributed by atoms with van der Waals surface area (Å²) in [4.78, 5) is 0. The highest BCUT2D eigenvalue weighted by atomic mass is 35.5. The smallest absolute Gasteiger partial charge is 0.226 e. The van der Waals surface area contributed by atoms with E-state index in [0.29, 0.717) is 0 Å². The molecular weight excluding hydrogens is 228 g/mol.